The average Bonchev–Trinajstić information content (AvgIpc) is 2.41. The molecule has 0 aromatic heterocycles. The second-order valence-electron chi connectivity index (χ2n) is 5.15. The average molecular weight is 373 g/mol. The summed E-state index contributed by atoms with van der Waals surface area (Å²) in [4.78, 5) is 11.1. The van der Waals surface area contributed by atoms with E-state index in [0.29, 0.717) is 27.1 Å². The maximum absolute atomic E-state index is 11.1. The number of carboxylic acid groups (broad SMARTS) is 1. The number of carbonyl (C=O) groups is 1. The highest BCUT2D eigenvalue weighted by molar-refractivity contribution is 6.49. The number of halogens is 4. The van der Waals surface area contributed by atoms with Crippen molar-refractivity contribution in [3.63, 3.8) is 0 Å². The first-order valence-corrected chi connectivity index (χ1v) is 7.97. The maximum atomic E-state index is 11.1. The van der Waals surface area contributed by atoms with Gasteiger partial charge in [-0.3, -0.25) is 4.79 Å². The number of nitrogens with two attached hydrogens (primary N) is 1. The molecular weight excluding hydrogens is 356 g/mol. The monoisotopic (exact) mass is 371 g/mol. The maximum Gasteiger partial charge on any atom is 0.307 e. The summed E-state index contributed by atoms with van der Waals surface area (Å²) in [6.07, 6.45) is 0.430. The molecule has 0 fully saturated rings. The molecule has 1 aromatic rings. The van der Waals surface area contributed by atoms with Crippen molar-refractivity contribution in [1.29, 1.82) is 0 Å². The van der Waals surface area contributed by atoms with Gasteiger partial charge in [0.1, 0.15) is 0 Å². The van der Waals surface area contributed by atoms with E-state index >= 15 is 0 Å². The number of benzene rings is 1. The summed E-state index contributed by atoms with van der Waals surface area (Å²) in [6.45, 7) is 3.96. The summed E-state index contributed by atoms with van der Waals surface area (Å²) in [5.41, 5.74) is 6.17. The molecule has 1 rings (SSSR count). The van der Waals surface area contributed by atoms with Gasteiger partial charge in [0.25, 0.3) is 0 Å². The zero-order valence-electron chi connectivity index (χ0n) is 11.7. The van der Waals surface area contributed by atoms with Crippen molar-refractivity contribution >= 4 is 52.4 Å². The minimum atomic E-state index is -0.900. The molecule has 3 atom stereocenters. The van der Waals surface area contributed by atoms with Gasteiger partial charge in [0.05, 0.1) is 21.0 Å². The quantitative estimate of drug-likeness (QED) is 0.539. The summed E-state index contributed by atoms with van der Waals surface area (Å²) >= 11 is 24.4. The van der Waals surface area contributed by atoms with Crippen molar-refractivity contribution in [2.45, 2.75) is 26.2 Å². The van der Waals surface area contributed by atoms with Gasteiger partial charge in [-0.15, -0.1) is 0 Å². The summed E-state index contributed by atoms with van der Waals surface area (Å²) < 4.78 is 0. The normalized spacial score (nSPS) is 15.6. The lowest BCUT2D eigenvalue weighted by atomic mass is 9.82. The summed E-state index contributed by atoms with van der Waals surface area (Å²) in [6, 6.07) is 1.55. The molecule has 0 saturated carbocycles. The first kappa shape index (κ1) is 18.9. The number of carboxylic acids is 1. The van der Waals surface area contributed by atoms with Crippen LogP contribution in [0.15, 0.2) is 6.07 Å². The number of hydrogen-bond acceptors (Lipinski definition) is 2. The highest BCUT2D eigenvalue weighted by Gasteiger charge is 2.27. The van der Waals surface area contributed by atoms with Gasteiger partial charge < -0.3 is 10.8 Å². The summed E-state index contributed by atoms with van der Waals surface area (Å²) in [7, 11) is 0. The molecule has 0 spiro atoms. The Morgan fingerprint density at radius 2 is 1.76 bits per heavy atom. The predicted octanol–water partition coefficient (Wildman–Crippen LogP) is 5.09. The van der Waals surface area contributed by atoms with Crippen LogP contribution in [0.4, 0.5) is 0 Å². The van der Waals surface area contributed by atoms with Crippen molar-refractivity contribution in [3.8, 4) is 0 Å². The van der Waals surface area contributed by atoms with Gasteiger partial charge in [0, 0.05) is 11.6 Å². The van der Waals surface area contributed by atoms with E-state index in [0.717, 1.165) is 0 Å². The fraction of sp³-hybridized carbons (Fsp3) is 0.500. The second kappa shape index (κ2) is 7.89. The molecule has 0 saturated heterocycles. The Hall–Kier alpha value is -0.190. The van der Waals surface area contributed by atoms with Crippen LogP contribution in [0.5, 0.6) is 0 Å². The molecule has 7 heteroatoms. The Morgan fingerprint density at radius 3 is 2.24 bits per heavy atom. The van der Waals surface area contributed by atoms with E-state index in [1.165, 1.54) is 0 Å². The second-order valence-corrected chi connectivity index (χ2v) is 6.72. The summed E-state index contributed by atoms with van der Waals surface area (Å²) in [5.74, 6) is -1.55. The van der Waals surface area contributed by atoms with E-state index in [-0.39, 0.29) is 23.4 Å². The number of aliphatic carboxylic acids is 1. The SMILES string of the molecule is CC(CC(CN)C(=O)O)C(C)c1c(Cl)cc(Cl)c(Cl)c1Cl. The van der Waals surface area contributed by atoms with Gasteiger partial charge in [0.2, 0.25) is 0 Å². The first-order valence-electron chi connectivity index (χ1n) is 6.46. The van der Waals surface area contributed by atoms with Crippen LogP contribution in [0.3, 0.4) is 0 Å². The van der Waals surface area contributed by atoms with Gasteiger partial charge in [0.15, 0.2) is 0 Å². The van der Waals surface area contributed by atoms with Crippen LogP contribution in [-0.4, -0.2) is 17.6 Å². The highest BCUT2D eigenvalue weighted by atomic mass is 35.5. The van der Waals surface area contributed by atoms with Crippen molar-refractivity contribution in [2.24, 2.45) is 17.6 Å². The van der Waals surface area contributed by atoms with Crippen molar-refractivity contribution < 1.29 is 9.90 Å². The van der Waals surface area contributed by atoms with Crippen LogP contribution >= 0.6 is 46.4 Å². The van der Waals surface area contributed by atoms with Crippen molar-refractivity contribution in [2.75, 3.05) is 6.54 Å². The Balaban J connectivity index is 3.06. The molecule has 118 valence electrons. The molecule has 0 aliphatic carbocycles. The zero-order valence-corrected chi connectivity index (χ0v) is 14.7. The molecule has 3 unspecified atom stereocenters. The standard InChI is InChI=1S/C14H17Cl4NO2/c1-6(3-8(5-19)14(20)21)7(2)11-9(15)4-10(16)12(17)13(11)18/h4,6-8H,3,5,19H2,1-2H3,(H,20,21). The van der Waals surface area contributed by atoms with Crippen molar-refractivity contribution in [3.05, 3.63) is 31.7 Å². The minimum Gasteiger partial charge on any atom is -0.481 e. The van der Waals surface area contributed by atoms with E-state index < -0.39 is 11.9 Å². The molecule has 0 radical (unpaired) electrons. The van der Waals surface area contributed by atoms with Gasteiger partial charge in [-0.2, -0.15) is 0 Å². The first-order chi connectivity index (χ1) is 9.70. The lowest BCUT2D eigenvalue weighted by Crippen LogP contribution is -2.26. The van der Waals surface area contributed by atoms with Gasteiger partial charge in [-0.1, -0.05) is 60.3 Å². The fourth-order valence-electron chi connectivity index (χ4n) is 2.23. The van der Waals surface area contributed by atoms with E-state index in [2.05, 4.69) is 0 Å². The number of hydrogen-bond donors (Lipinski definition) is 2. The third-order valence-electron chi connectivity index (χ3n) is 3.75. The van der Waals surface area contributed by atoms with Gasteiger partial charge in [-0.25, -0.2) is 0 Å². The molecule has 0 heterocycles. The van der Waals surface area contributed by atoms with Crippen LogP contribution in [0, 0.1) is 11.8 Å². The minimum absolute atomic E-state index is 0.0156. The van der Waals surface area contributed by atoms with E-state index in [1.807, 2.05) is 13.8 Å². The Bertz CT molecular complexity index is 536. The molecule has 0 aliphatic rings. The third kappa shape index (κ3) is 4.40. The van der Waals surface area contributed by atoms with Crippen LogP contribution in [0.1, 0.15) is 31.7 Å². The Labute approximate surface area is 144 Å². The lowest BCUT2D eigenvalue weighted by Gasteiger charge is -2.25. The molecule has 0 aliphatic heterocycles. The van der Waals surface area contributed by atoms with Gasteiger partial charge >= 0.3 is 5.97 Å². The third-order valence-corrected chi connectivity index (χ3v) is 5.34. The molecule has 3 N–H and O–H groups in total. The van der Waals surface area contributed by atoms with Crippen LogP contribution in [-0.2, 0) is 4.79 Å². The molecule has 1 aromatic carbocycles. The molecule has 0 amide bonds. The fourth-order valence-corrected chi connectivity index (χ4v) is 3.50. The molecular formula is C14H17Cl4NO2. The zero-order chi connectivity index (χ0) is 16.3. The summed E-state index contributed by atoms with van der Waals surface area (Å²) in [5, 5.41) is 10.4. The van der Waals surface area contributed by atoms with Crippen molar-refractivity contribution in [1.82, 2.24) is 0 Å². The Morgan fingerprint density at radius 1 is 1.19 bits per heavy atom. The topological polar surface area (TPSA) is 63.3 Å². The number of rotatable bonds is 6. The predicted molar refractivity (Wildman–Crippen MR) is 88.9 cm³/mol. The van der Waals surface area contributed by atoms with Crippen LogP contribution in [0.25, 0.3) is 0 Å². The molecule has 3 nitrogen and oxygen atoms in total. The molecule has 21 heavy (non-hydrogen) atoms. The Kier molecular flexibility index (Phi) is 7.08. The van der Waals surface area contributed by atoms with E-state index in [9.17, 15) is 4.79 Å². The molecule has 0 bridgehead atoms. The van der Waals surface area contributed by atoms with E-state index in [1.54, 1.807) is 6.07 Å². The van der Waals surface area contributed by atoms with E-state index in [4.69, 9.17) is 57.2 Å². The smallest absolute Gasteiger partial charge is 0.307 e. The van der Waals surface area contributed by atoms with Gasteiger partial charge in [-0.05, 0) is 29.9 Å². The van der Waals surface area contributed by atoms with Crippen LogP contribution < -0.4 is 5.73 Å². The highest BCUT2D eigenvalue weighted by Crippen LogP contribution is 2.43. The largest absolute Gasteiger partial charge is 0.481 e. The van der Waals surface area contributed by atoms with Crippen LogP contribution in [0.2, 0.25) is 20.1 Å². The lowest BCUT2D eigenvalue weighted by molar-refractivity contribution is -0.142.